The molecule has 0 aliphatic heterocycles. The maximum Gasteiger partial charge on any atom is 0.167 e. The van der Waals surface area contributed by atoms with Gasteiger partial charge in [0.2, 0.25) is 0 Å². The van der Waals surface area contributed by atoms with E-state index in [4.69, 9.17) is 0 Å². The number of rotatable bonds is 2. The van der Waals surface area contributed by atoms with Crippen LogP contribution < -0.4 is 0 Å². The number of aldehydes is 1. The number of nitrogens with one attached hydrogen (secondary N) is 1. The Morgan fingerprint density at radius 2 is 2.15 bits per heavy atom. The maximum atomic E-state index is 10.7. The van der Waals surface area contributed by atoms with Gasteiger partial charge in [0.05, 0.1) is 5.69 Å². The summed E-state index contributed by atoms with van der Waals surface area (Å²) in [4.78, 5) is 14.8. The van der Waals surface area contributed by atoms with Gasteiger partial charge in [0.15, 0.2) is 6.29 Å². The third kappa shape index (κ3) is 1.25. The molecule has 0 bridgehead atoms. The largest absolute Gasteiger partial charge is 0.351 e. The SMILES string of the molecule is CSc1c(C=O)[nH]c2ccccc12. The molecule has 0 aliphatic rings. The highest BCUT2D eigenvalue weighted by atomic mass is 32.2. The van der Waals surface area contributed by atoms with Gasteiger partial charge in [-0.1, -0.05) is 18.2 Å². The van der Waals surface area contributed by atoms with E-state index >= 15 is 0 Å². The summed E-state index contributed by atoms with van der Waals surface area (Å²) in [5.74, 6) is 0. The summed E-state index contributed by atoms with van der Waals surface area (Å²) in [7, 11) is 0. The minimum atomic E-state index is 0.675. The van der Waals surface area contributed by atoms with Crippen molar-refractivity contribution in [3.8, 4) is 0 Å². The molecule has 0 fully saturated rings. The molecule has 0 atom stereocenters. The van der Waals surface area contributed by atoms with Crippen LogP contribution in [0.3, 0.4) is 0 Å². The zero-order chi connectivity index (χ0) is 9.26. The molecule has 13 heavy (non-hydrogen) atoms. The van der Waals surface area contributed by atoms with E-state index in [1.54, 1.807) is 11.8 Å². The molecule has 1 N–H and O–H groups in total. The maximum absolute atomic E-state index is 10.7. The monoisotopic (exact) mass is 191 g/mol. The average molecular weight is 191 g/mol. The van der Waals surface area contributed by atoms with Crippen LogP contribution in [0.4, 0.5) is 0 Å². The van der Waals surface area contributed by atoms with Gasteiger partial charge < -0.3 is 4.98 Å². The number of benzene rings is 1. The highest BCUT2D eigenvalue weighted by Crippen LogP contribution is 2.28. The molecule has 0 unspecified atom stereocenters. The van der Waals surface area contributed by atoms with Crippen molar-refractivity contribution in [1.29, 1.82) is 0 Å². The quantitative estimate of drug-likeness (QED) is 0.584. The highest BCUT2D eigenvalue weighted by molar-refractivity contribution is 7.98. The fraction of sp³-hybridized carbons (Fsp3) is 0.100. The first-order valence-electron chi connectivity index (χ1n) is 3.96. The number of aromatic amines is 1. The Morgan fingerprint density at radius 3 is 2.85 bits per heavy atom. The minimum absolute atomic E-state index is 0.675. The Bertz CT molecular complexity index is 447. The lowest BCUT2D eigenvalue weighted by atomic mass is 10.2. The molecule has 3 heteroatoms. The van der Waals surface area contributed by atoms with Crippen molar-refractivity contribution in [2.24, 2.45) is 0 Å². The number of H-pyrrole nitrogens is 1. The molecule has 1 heterocycles. The van der Waals surface area contributed by atoms with Crippen molar-refractivity contribution < 1.29 is 4.79 Å². The number of carbonyl (C=O) groups is 1. The van der Waals surface area contributed by atoms with Crippen LogP contribution in [0.15, 0.2) is 29.2 Å². The van der Waals surface area contributed by atoms with E-state index in [2.05, 4.69) is 4.98 Å². The Hall–Kier alpha value is -1.22. The highest BCUT2D eigenvalue weighted by Gasteiger charge is 2.08. The smallest absolute Gasteiger partial charge is 0.167 e. The van der Waals surface area contributed by atoms with E-state index in [1.807, 2.05) is 30.5 Å². The molecule has 0 aliphatic carbocycles. The van der Waals surface area contributed by atoms with Gasteiger partial charge in [0.25, 0.3) is 0 Å². The minimum Gasteiger partial charge on any atom is -0.351 e. The number of hydrogen-bond donors (Lipinski definition) is 1. The van der Waals surface area contributed by atoms with Gasteiger partial charge >= 0.3 is 0 Å². The Kier molecular flexibility index (Phi) is 2.10. The zero-order valence-electron chi connectivity index (χ0n) is 7.20. The lowest BCUT2D eigenvalue weighted by Gasteiger charge is -1.92. The Balaban J connectivity index is 2.81. The molecule has 0 radical (unpaired) electrons. The predicted molar refractivity (Wildman–Crippen MR) is 55.5 cm³/mol. The van der Waals surface area contributed by atoms with Crippen LogP contribution in [0.5, 0.6) is 0 Å². The van der Waals surface area contributed by atoms with Gasteiger partial charge in [-0.25, -0.2) is 0 Å². The first kappa shape index (κ1) is 8.38. The first-order chi connectivity index (χ1) is 6.36. The van der Waals surface area contributed by atoms with E-state index < -0.39 is 0 Å². The zero-order valence-corrected chi connectivity index (χ0v) is 8.02. The van der Waals surface area contributed by atoms with Crippen LogP contribution in [0.1, 0.15) is 10.5 Å². The molecule has 1 aromatic heterocycles. The Morgan fingerprint density at radius 1 is 1.38 bits per heavy atom. The fourth-order valence-corrected chi connectivity index (χ4v) is 2.16. The summed E-state index contributed by atoms with van der Waals surface area (Å²) in [6.45, 7) is 0. The number of thioether (sulfide) groups is 1. The van der Waals surface area contributed by atoms with Crippen molar-refractivity contribution in [2.75, 3.05) is 6.26 Å². The van der Waals surface area contributed by atoms with Crippen LogP contribution in [0, 0.1) is 0 Å². The van der Waals surface area contributed by atoms with Crippen LogP contribution in [-0.2, 0) is 0 Å². The second-order valence-electron chi connectivity index (χ2n) is 2.74. The van der Waals surface area contributed by atoms with Crippen molar-refractivity contribution in [3.05, 3.63) is 30.0 Å². The molecule has 2 rings (SSSR count). The third-order valence-corrected chi connectivity index (χ3v) is 2.86. The van der Waals surface area contributed by atoms with Gasteiger partial charge in [-0.3, -0.25) is 4.79 Å². The second kappa shape index (κ2) is 3.26. The molecular formula is C10H9NOS. The first-order valence-corrected chi connectivity index (χ1v) is 5.19. The normalized spacial score (nSPS) is 10.5. The Labute approximate surface area is 80.3 Å². The summed E-state index contributed by atoms with van der Waals surface area (Å²) in [5, 5.41) is 1.12. The average Bonchev–Trinajstić information content (AvgIpc) is 2.55. The van der Waals surface area contributed by atoms with Crippen LogP contribution >= 0.6 is 11.8 Å². The molecule has 0 saturated heterocycles. The molecule has 1 aromatic carbocycles. The number of para-hydroxylation sites is 1. The van der Waals surface area contributed by atoms with Gasteiger partial charge in [0, 0.05) is 15.8 Å². The predicted octanol–water partition coefficient (Wildman–Crippen LogP) is 2.70. The summed E-state index contributed by atoms with van der Waals surface area (Å²) < 4.78 is 0. The van der Waals surface area contributed by atoms with Crippen LogP contribution in [0.2, 0.25) is 0 Å². The van der Waals surface area contributed by atoms with E-state index in [9.17, 15) is 4.79 Å². The molecule has 0 amide bonds. The van der Waals surface area contributed by atoms with Crippen molar-refractivity contribution in [1.82, 2.24) is 4.98 Å². The second-order valence-corrected chi connectivity index (χ2v) is 3.55. The summed E-state index contributed by atoms with van der Waals surface area (Å²) in [6, 6.07) is 7.93. The number of aromatic nitrogens is 1. The lowest BCUT2D eigenvalue weighted by molar-refractivity contribution is 0.111. The van der Waals surface area contributed by atoms with Crippen LogP contribution in [-0.4, -0.2) is 17.5 Å². The topological polar surface area (TPSA) is 32.9 Å². The summed E-state index contributed by atoms with van der Waals surface area (Å²) in [5.41, 5.74) is 1.70. The molecule has 0 saturated carbocycles. The van der Waals surface area contributed by atoms with E-state index in [1.165, 1.54) is 0 Å². The number of carbonyl (C=O) groups excluding carboxylic acids is 1. The van der Waals surface area contributed by atoms with E-state index in [-0.39, 0.29) is 0 Å². The standard InChI is InChI=1S/C10H9NOS/c1-13-10-7-4-2-3-5-8(7)11-9(10)6-12/h2-6,11H,1H3. The van der Waals surface area contributed by atoms with Crippen molar-refractivity contribution in [2.45, 2.75) is 4.90 Å². The van der Waals surface area contributed by atoms with Crippen LogP contribution in [0.25, 0.3) is 10.9 Å². The third-order valence-electron chi connectivity index (χ3n) is 2.01. The fourth-order valence-electron chi connectivity index (χ4n) is 1.44. The van der Waals surface area contributed by atoms with Crippen molar-refractivity contribution in [3.63, 3.8) is 0 Å². The number of hydrogen-bond acceptors (Lipinski definition) is 2. The summed E-state index contributed by atoms with van der Waals surface area (Å²) in [6.07, 6.45) is 2.84. The molecule has 2 aromatic rings. The van der Waals surface area contributed by atoms with Crippen molar-refractivity contribution >= 4 is 29.0 Å². The van der Waals surface area contributed by atoms with Gasteiger partial charge in [-0.2, -0.15) is 0 Å². The summed E-state index contributed by atoms with van der Waals surface area (Å²) >= 11 is 1.59. The van der Waals surface area contributed by atoms with E-state index in [0.29, 0.717) is 5.69 Å². The lowest BCUT2D eigenvalue weighted by Crippen LogP contribution is -1.79. The van der Waals surface area contributed by atoms with Gasteiger partial charge in [-0.15, -0.1) is 11.8 Å². The molecule has 66 valence electrons. The molecule has 2 nitrogen and oxygen atoms in total. The van der Waals surface area contributed by atoms with Gasteiger partial charge in [0.1, 0.15) is 0 Å². The van der Waals surface area contributed by atoms with E-state index in [0.717, 1.165) is 22.1 Å². The molecule has 0 spiro atoms. The molecular weight excluding hydrogens is 182 g/mol. The number of fused-ring (bicyclic) bond motifs is 1. The van der Waals surface area contributed by atoms with Gasteiger partial charge in [-0.05, 0) is 12.3 Å².